The third-order valence-corrected chi connectivity index (χ3v) is 7.69. The van der Waals surface area contributed by atoms with Gasteiger partial charge in [0.05, 0.1) is 5.41 Å². The lowest BCUT2D eigenvalue weighted by molar-refractivity contribution is -0.147. The van der Waals surface area contributed by atoms with E-state index in [0.29, 0.717) is 11.5 Å². The zero-order valence-corrected chi connectivity index (χ0v) is 20.5. The molecule has 0 fully saturated rings. The van der Waals surface area contributed by atoms with Gasteiger partial charge in [0.15, 0.2) is 5.11 Å². The fourth-order valence-electron chi connectivity index (χ4n) is 5.05. The molecule has 2 aliphatic rings. The number of carboxylic acid groups (broad SMARTS) is 1. The van der Waals surface area contributed by atoms with E-state index >= 15 is 0 Å². The first-order valence-corrected chi connectivity index (χ1v) is 11.7. The van der Waals surface area contributed by atoms with Crippen molar-refractivity contribution in [1.29, 1.82) is 0 Å². The van der Waals surface area contributed by atoms with E-state index in [4.69, 9.17) is 12.2 Å². The number of hydrogen-bond donors (Lipinski definition) is 3. The van der Waals surface area contributed by atoms with Gasteiger partial charge in [0.1, 0.15) is 0 Å². The van der Waals surface area contributed by atoms with Crippen molar-refractivity contribution in [3.05, 3.63) is 53.1 Å². The molecule has 31 heavy (non-hydrogen) atoms. The lowest BCUT2D eigenvalue weighted by Crippen LogP contribution is -2.41. The Kier molecular flexibility index (Phi) is 6.39. The van der Waals surface area contributed by atoms with E-state index in [1.165, 1.54) is 11.1 Å². The zero-order chi connectivity index (χ0) is 23.0. The number of thiocarbonyl (C=S) groups is 1. The molecule has 3 rings (SSSR count). The summed E-state index contributed by atoms with van der Waals surface area (Å²) in [7, 11) is 0. The Balaban J connectivity index is 1.93. The maximum Gasteiger partial charge on any atom is 0.314 e. The summed E-state index contributed by atoms with van der Waals surface area (Å²) in [5.74, 6) is -0.914. The Hall–Kier alpha value is -2.14. The molecule has 0 saturated heterocycles. The van der Waals surface area contributed by atoms with E-state index in [0.717, 1.165) is 30.6 Å². The Morgan fingerprint density at radius 2 is 1.74 bits per heavy atom. The predicted molar refractivity (Wildman–Crippen MR) is 132 cm³/mol. The average Bonchev–Trinajstić information content (AvgIpc) is 2.71. The lowest BCUT2D eigenvalue weighted by Gasteiger charge is -2.48. The van der Waals surface area contributed by atoms with Gasteiger partial charge in [-0.2, -0.15) is 0 Å². The van der Waals surface area contributed by atoms with Crippen molar-refractivity contribution in [3.63, 3.8) is 0 Å². The number of aliphatic carboxylic acids is 1. The van der Waals surface area contributed by atoms with E-state index in [9.17, 15) is 9.90 Å². The fraction of sp³-hybridized carbons (Fsp3) is 0.538. The molecule has 5 heteroatoms. The minimum atomic E-state index is -0.947. The molecule has 3 N–H and O–H groups in total. The summed E-state index contributed by atoms with van der Waals surface area (Å²) in [6.45, 7) is 13.9. The first-order chi connectivity index (χ1) is 14.4. The van der Waals surface area contributed by atoms with E-state index < -0.39 is 11.4 Å². The smallest absolute Gasteiger partial charge is 0.314 e. The summed E-state index contributed by atoms with van der Waals surface area (Å²) < 4.78 is 0. The molecule has 0 heterocycles. The molecule has 1 aromatic carbocycles. The first kappa shape index (κ1) is 23.5. The predicted octanol–water partition coefficient (Wildman–Crippen LogP) is 6.27. The first-order valence-electron chi connectivity index (χ1n) is 11.2. The van der Waals surface area contributed by atoms with Gasteiger partial charge in [-0.25, -0.2) is 0 Å². The number of carboxylic acids is 1. The number of benzene rings is 1. The molecule has 0 aromatic heterocycles. The van der Waals surface area contributed by atoms with E-state index in [2.05, 4.69) is 44.4 Å². The van der Waals surface area contributed by atoms with Crippen LogP contribution in [0.15, 0.2) is 47.6 Å². The largest absolute Gasteiger partial charge is 0.481 e. The van der Waals surface area contributed by atoms with Crippen LogP contribution in [-0.2, 0) is 4.79 Å². The molecule has 0 bridgehead atoms. The van der Waals surface area contributed by atoms with Crippen LogP contribution < -0.4 is 10.6 Å². The van der Waals surface area contributed by atoms with Gasteiger partial charge < -0.3 is 15.7 Å². The minimum absolute atomic E-state index is 0.0196. The third kappa shape index (κ3) is 4.43. The Morgan fingerprint density at radius 1 is 1.13 bits per heavy atom. The van der Waals surface area contributed by atoms with Gasteiger partial charge in [-0.3, -0.25) is 4.79 Å². The summed E-state index contributed by atoms with van der Waals surface area (Å²) in [4.78, 5) is 12.7. The SMILES string of the molecule is CCNC(=S)Nc1ccc(C(C)C2(C(=O)O)C=CC3=C(C2)C(C)(C)CCC3(C)C)cc1. The molecule has 168 valence electrons. The Labute approximate surface area is 192 Å². The van der Waals surface area contributed by atoms with Crippen molar-refractivity contribution < 1.29 is 9.90 Å². The van der Waals surface area contributed by atoms with Crippen molar-refractivity contribution in [2.45, 2.75) is 66.7 Å². The zero-order valence-electron chi connectivity index (χ0n) is 19.6. The molecule has 2 unspecified atom stereocenters. The maximum atomic E-state index is 12.7. The van der Waals surface area contributed by atoms with Gasteiger partial charge in [-0.1, -0.05) is 64.5 Å². The van der Waals surface area contributed by atoms with Gasteiger partial charge in [-0.05, 0) is 72.5 Å². The van der Waals surface area contributed by atoms with Crippen LogP contribution in [0.25, 0.3) is 0 Å². The number of anilines is 1. The molecule has 0 radical (unpaired) electrons. The van der Waals surface area contributed by atoms with Crippen LogP contribution in [-0.4, -0.2) is 22.7 Å². The highest BCUT2D eigenvalue weighted by atomic mass is 32.1. The highest BCUT2D eigenvalue weighted by Crippen LogP contribution is 2.57. The molecular weight excluding hydrogens is 404 g/mol. The van der Waals surface area contributed by atoms with Crippen molar-refractivity contribution in [2.75, 3.05) is 11.9 Å². The van der Waals surface area contributed by atoms with Crippen LogP contribution in [0.3, 0.4) is 0 Å². The minimum Gasteiger partial charge on any atom is -0.481 e. The van der Waals surface area contributed by atoms with Gasteiger partial charge in [0, 0.05) is 18.2 Å². The number of rotatable bonds is 5. The summed E-state index contributed by atoms with van der Waals surface area (Å²) in [6.07, 6.45) is 6.87. The topological polar surface area (TPSA) is 61.4 Å². The van der Waals surface area contributed by atoms with E-state index in [-0.39, 0.29) is 16.7 Å². The van der Waals surface area contributed by atoms with Crippen LogP contribution in [0.4, 0.5) is 5.69 Å². The van der Waals surface area contributed by atoms with Crippen LogP contribution in [0.5, 0.6) is 0 Å². The molecule has 2 atom stereocenters. The number of allylic oxidation sites excluding steroid dienone is 3. The van der Waals surface area contributed by atoms with Crippen LogP contribution in [0, 0.1) is 16.2 Å². The van der Waals surface area contributed by atoms with Gasteiger partial charge in [-0.15, -0.1) is 0 Å². The van der Waals surface area contributed by atoms with E-state index in [1.54, 1.807) is 0 Å². The quantitative estimate of drug-likeness (QED) is 0.471. The standard InChI is InChI=1S/C26H36N2O2S/c1-7-27-23(31)28-19-10-8-18(9-11-19)17(2)26(22(29)30)13-12-20-21(16-26)25(5,6)15-14-24(20,3)4/h8-13,17H,7,14-16H2,1-6H3,(H,29,30)(H2,27,28,31). The Bertz CT molecular complexity index is 927. The number of nitrogens with one attached hydrogen (secondary N) is 2. The summed E-state index contributed by atoms with van der Waals surface area (Å²) in [5, 5.41) is 17.3. The van der Waals surface area contributed by atoms with Gasteiger partial charge in [0.2, 0.25) is 0 Å². The molecule has 0 aliphatic heterocycles. The third-order valence-electron chi connectivity index (χ3n) is 7.44. The number of carbonyl (C=O) groups is 1. The van der Waals surface area contributed by atoms with Crippen molar-refractivity contribution in [1.82, 2.24) is 5.32 Å². The molecule has 0 amide bonds. The summed E-state index contributed by atoms with van der Waals surface area (Å²) in [5.41, 5.74) is 3.73. The van der Waals surface area contributed by atoms with Crippen molar-refractivity contribution in [2.24, 2.45) is 16.2 Å². The molecule has 0 spiro atoms. The maximum absolute atomic E-state index is 12.7. The average molecular weight is 441 g/mol. The molecular formula is C26H36N2O2S. The van der Waals surface area contributed by atoms with Crippen LogP contribution >= 0.6 is 12.2 Å². The molecule has 4 nitrogen and oxygen atoms in total. The number of hydrogen-bond acceptors (Lipinski definition) is 2. The monoisotopic (exact) mass is 440 g/mol. The second kappa shape index (κ2) is 8.42. The fourth-order valence-corrected chi connectivity index (χ4v) is 5.31. The van der Waals surface area contributed by atoms with Crippen molar-refractivity contribution in [3.8, 4) is 0 Å². The molecule has 1 aromatic rings. The highest BCUT2D eigenvalue weighted by molar-refractivity contribution is 7.80. The van der Waals surface area contributed by atoms with Crippen molar-refractivity contribution >= 4 is 29.0 Å². The lowest BCUT2D eigenvalue weighted by atomic mass is 9.55. The van der Waals surface area contributed by atoms with Gasteiger partial charge >= 0.3 is 5.97 Å². The second-order valence-electron chi connectivity index (χ2n) is 10.3. The van der Waals surface area contributed by atoms with Crippen LogP contribution in [0.2, 0.25) is 0 Å². The normalized spacial score (nSPS) is 24.8. The second-order valence-corrected chi connectivity index (χ2v) is 10.8. The summed E-state index contributed by atoms with van der Waals surface area (Å²) in [6, 6.07) is 7.96. The van der Waals surface area contributed by atoms with Gasteiger partial charge in [0.25, 0.3) is 0 Å². The highest BCUT2D eigenvalue weighted by Gasteiger charge is 2.50. The Morgan fingerprint density at radius 3 is 2.32 bits per heavy atom. The molecule has 0 saturated carbocycles. The molecule has 2 aliphatic carbocycles. The van der Waals surface area contributed by atoms with Crippen LogP contribution in [0.1, 0.15) is 72.3 Å². The summed E-state index contributed by atoms with van der Waals surface area (Å²) >= 11 is 5.25. The van der Waals surface area contributed by atoms with E-state index in [1.807, 2.05) is 44.2 Å².